The van der Waals surface area contributed by atoms with Gasteiger partial charge in [-0.15, -0.1) is 0 Å². The van der Waals surface area contributed by atoms with Gasteiger partial charge in [0.05, 0.1) is 10.4 Å². The normalized spacial score (nSPS) is 14.1. The molecule has 0 radical (unpaired) electrons. The molecule has 3 heteroatoms. The molecule has 0 atom stereocenters. The highest BCUT2D eigenvalue weighted by atomic mass is 35.5. The van der Waals surface area contributed by atoms with E-state index in [2.05, 4.69) is 146 Å². The summed E-state index contributed by atoms with van der Waals surface area (Å²) in [5, 5.41) is 3.05. The first-order valence-electron chi connectivity index (χ1n) is 16.2. The molecule has 8 aromatic rings. The second-order valence-electron chi connectivity index (χ2n) is 12.5. The molecule has 0 N–H and O–H groups in total. The SMILES string of the molecule is Clc1cccc2c1Sc1cccc(/C(=C/c3ccc4c(c3)oc3ccccc34)c3ccccc3)c1C21c2ccccc2-c2ccccc21. The van der Waals surface area contributed by atoms with E-state index in [1.54, 1.807) is 11.8 Å². The van der Waals surface area contributed by atoms with Gasteiger partial charge < -0.3 is 4.42 Å². The molecule has 1 aromatic heterocycles. The molecule has 2 aliphatic rings. The van der Waals surface area contributed by atoms with Gasteiger partial charge in [-0.1, -0.05) is 151 Å². The zero-order valence-electron chi connectivity index (χ0n) is 25.8. The Morgan fingerprint density at radius 3 is 2.06 bits per heavy atom. The Morgan fingerprint density at radius 2 is 1.25 bits per heavy atom. The maximum atomic E-state index is 7.07. The number of para-hydroxylation sites is 1. The summed E-state index contributed by atoms with van der Waals surface area (Å²) in [4.78, 5) is 2.34. The molecule has 48 heavy (non-hydrogen) atoms. The van der Waals surface area contributed by atoms with Crippen molar-refractivity contribution in [2.75, 3.05) is 0 Å². The smallest absolute Gasteiger partial charge is 0.136 e. The van der Waals surface area contributed by atoms with Gasteiger partial charge in [-0.25, -0.2) is 0 Å². The summed E-state index contributed by atoms with van der Waals surface area (Å²) >= 11 is 8.85. The predicted octanol–water partition coefficient (Wildman–Crippen LogP) is 12.7. The van der Waals surface area contributed by atoms with Crippen LogP contribution < -0.4 is 0 Å². The van der Waals surface area contributed by atoms with E-state index in [-0.39, 0.29) is 0 Å². The Morgan fingerprint density at radius 1 is 0.583 bits per heavy atom. The molecule has 0 saturated heterocycles. The van der Waals surface area contributed by atoms with Crippen LogP contribution in [0.25, 0.3) is 44.7 Å². The Bertz CT molecular complexity index is 2570. The summed E-state index contributed by atoms with van der Waals surface area (Å²) in [5.41, 5.74) is 13.5. The average Bonchev–Trinajstić information content (AvgIpc) is 3.65. The molecule has 1 aliphatic carbocycles. The van der Waals surface area contributed by atoms with Crippen LogP contribution >= 0.6 is 23.4 Å². The molecule has 1 spiro atoms. The third kappa shape index (κ3) is 3.88. The molecular formula is C45H27ClOS. The fourth-order valence-corrected chi connectivity index (χ4v) is 9.63. The molecule has 226 valence electrons. The zero-order valence-corrected chi connectivity index (χ0v) is 27.4. The maximum Gasteiger partial charge on any atom is 0.136 e. The van der Waals surface area contributed by atoms with E-state index in [0.29, 0.717) is 0 Å². The number of rotatable bonds is 3. The van der Waals surface area contributed by atoms with Crippen molar-refractivity contribution in [3.05, 3.63) is 202 Å². The Kier molecular flexibility index (Phi) is 6.15. The summed E-state index contributed by atoms with van der Waals surface area (Å²) in [6, 6.07) is 56.6. The van der Waals surface area contributed by atoms with Crippen LogP contribution in [0, 0.1) is 0 Å². The minimum absolute atomic E-state index is 0.554. The van der Waals surface area contributed by atoms with E-state index in [1.165, 1.54) is 43.8 Å². The maximum absolute atomic E-state index is 7.07. The van der Waals surface area contributed by atoms with Crippen molar-refractivity contribution < 1.29 is 4.42 Å². The van der Waals surface area contributed by atoms with Crippen molar-refractivity contribution in [1.29, 1.82) is 0 Å². The molecule has 2 heterocycles. The summed E-state index contributed by atoms with van der Waals surface area (Å²) in [7, 11) is 0. The first-order valence-corrected chi connectivity index (χ1v) is 17.4. The van der Waals surface area contributed by atoms with E-state index in [9.17, 15) is 0 Å². The van der Waals surface area contributed by atoms with Crippen LogP contribution in [0.5, 0.6) is 0 Å². The first-order chi connectivity index (χ1) is 23.7. The molecule has 1 aliphatic heterocycles. The van der Waals surface area contributed by atoms with Gasteiger partial charge >= 0.3 is 0 Å². The van der Waals surface area contributed by atoms with Crippen LogP contribution in [-0.4, -0.2) is 0 Å². The van der Waals surface area contributed by atoms with Crippen LogP contribution in [-0.2, 0) is 5.41 Å². The Hall–Kier alpha value is -5.28. The van der Waals surface area contributed by atoms with Gasteiger partial charge in [-0.3, -0.25) is 0 Å². The van der Waals surface area contributed by atoms with Crippen LogP contribution in [0.3, 0.4) is 0 Å². The molecular weight excluding hydrogens is 624 g/mol. The fourth-order valence-electron chi connectivity index (χ4n) is 8.11. The second-order valence-corrected chi connectivity index (χ2v) is 14.0. The lowest BCUT2D eigenvalue weighted by molar-refractivity contribution is 0.669. The van der Waals surface area contributed by atoms with Crippen molar-refractivity contribution in [3.63, 3.8) is 0 Å². The highest BCUT2D eigenvalue weighted by Gasteiger charge is 2.51. The summed E-state index contributed by atoms with van der Waals surface area (Å²) < 4.78 is 6.34. The molecule has 0 bridgehead atoms. The summed E-state index contributed by atoms with van der Waals surface area (Å²) in [5.74, 6) is 0. The van der Waals surface area contributed by atoms with E-state index in [4.69, 9.17) is 16.0 Å². The van der Waals surface area contributed by atoms with Crippen molar-refractivity contribution in [2.45, 2.75) is 15.2 Å². The molecule has 10 rings (SSSR count). The van der Waals surface area contributed by atoms with Gasteiger partial charge in [0.1, 0.15) is 11.2 Å². The van der Waals surface area contributed by atoms with E-state index >= 15 is 0 Å². The van der Waals surface area contributed by atoms with Gasteiger partial charge in [-0.2, -0.15) is 0 Å². The number of benzene rings is 7. The molecule has 0 fully saturated rings. The number of furan rings is 1. The summed E-state index contributed by atoms with van der Waals surface area (Å²) in [6.45, 7) is 0. The van der Waals surface area contributed by atoms with Crippen molar-refractivity contribution >= 4 is 57.0 Å². The van der Waals surface area contributed by atoms with Gasteiger partial charge in [-0.05, 0) is 92.1 Å². The molecule has 7 aromatic carbocycles. The van der Waals surface area contributed by atoms with Crippen LogP contribution in [0.2, 0.25) is 5.02 Å². The average molecular weight is 651 g/mol. The van der Waals surface area contributed by atoms with Crippen molar-refractivity contribution in [2.24, 2.45) is 0 Å². The topological polar surface area (TPSA) is 13.1 Å². The van der Waals surface area contributed by atoms with Crippen LogP contribution in [0.1, 0.15) is 38.9 Å². The molecule has 0 unspecified atom stereocenters. The Labute approximate surface area is 288 Å². The van der Waals surface area contributed by atoms with Gasteiger partial charge in [0.25, 0.3) is 0 Å². The van der Waals surface area contributed by atoms with Gasteiger partial charge in [0, 0.05) is 20.6 Å². The first kappa shape index (κ1) is 27.8. The van der Waals surface area contributed by atoms with Crippen LogP contribution in [0.4, 0.5) is 0 Å². The quantitative estimate of drug-likeness (QED) is 0.176. The number of hydrogen-bond acceptors (Lipinski definition) is 2. The fraction of sp³-hybridized carbons (Fsp3) is 0.0222. The molecule has 0 saturated carbocycles. The highest BCUT2D eigenvalue weighted by Crippen LogP contribution is 2.64. The van der Waals surface area contributed by atoms with Gasteiger partial charge in [0.15, 0.2) is 0 Å². The van der Waals surface area contributed by atoms with E-state index in [0.717, 1.165) is 48.6 Å². The van der Waals surface area contributed by atoms with E-state index < -0.39 is 5.41 Å². The number of hydrogen-bond donors (Lipinski definition) is 0. The Balaban J connectivity index is 1.31. The predicted molar refractivity (Wildman–Crippen MR) is 200 cm³/mol. The van der Waals surface area contributed by atoms with E-state index in [1.807, 2.05) is 18.2 Å². The highest BCUT2D eigenvalue weighted by molar-refractivity contribution is 7.99. The lowest BCUT2D eigenvalue weighted by atomic mass is 9.65. The lowest BCUT2D eigenvalue weighted by Gasteiger charge is -2.41. The third-order valence-electron chi connectivity index (χ3n) is 10.0. The number of halogens is 1. The largest absolute Gasteiger partial charge is 0.456 e. The zero-order chi connectivity index (χ0) is 31.8. The third-order valence-corrected chi connectivity index (χ3v) is 11.7. The minimum atomic E-state index is -0.554. The number of fused-ring (bicyclic) bond motifs is 12. The summed E-state index contributed by atoms with van der Waals surface area (Å²) in [6.07, 6.45) is 2.33. The molecule has 1 nitrogen and oxygen atoms in total. The second kappa shape index (κ2) is 10.6. The van der Waals surface area contributed by atoms with Crippen molar-refractivity contribution in [3.8, 4) is 11.1 Å². The van der Waals surface area contributed by atoms with Gasteiger partial charge in [0.2, 0.25) is 0 Å². The minimum Gasteiger partial charge on any atom is -0.456 e. The standard InChI is InChI=1S/C45H27ClOS/c46-39-21-11-20-38-44(39)48-42-23-10-17-34(43(42)45(38)36-18-7-4-14-30(36)31-15-5-8-19-37(31)45)35(29-12-2-1-3-13-29)26-28-24-25-33-32-16-6-9-22-40(32)47-41(33)27-28/h1-27H/b35-26+. The van der Waals surface area contributed by atoms with Crippen LogP contribution in [0.15, 0.2) is 172 Å². The monoisotopic (exact) mass is 650 g/mol. The lowest BCUT2D eigenvalue weighted by Crippen LogP contribution is -2.33. The van der Waals surface area contributed by atoms with Crippen molar-refractivity contribution in [1.82, 2.24) is 0 Å². The molecule has 0 amide bonds.